The Balaban J connectivity index is 1.51. The highest BCUT2D eigenvalue weighted by atomic mass is 16.5. The molecule has 0 saturated heterocycles. The fourth-order valence-electron chi connectivity index (χ4n) is 3.37. The first-order valence-electron chi connectivity index (χ1n) is 9.65. The molecule has 6 heteroatoms. The molecular formula is C22H24N4O2. The third-order valence-electron chi connectivity index (χ3n) is 5.19. The topological polar surface area (TPSA) is 69.9 Å². The molecule has 144 valence electrons. The van der Waals surface area contributed by atoms with Crippen molar-refractivity contribution in [3.8, 4) is 17.0 Å². The van der Waals surface area contributed by atoms with E-state index < -0.39 is 0 Å². The quantitative estimate of drug-likeness (QED) is 0.658. The van der Waals surface area contributed by atoms with Crippen LogP contribution in [0, 0.1) is 19.8 Å². The molecule has 3 aromatic rings. The predicted octanol–water partition coefficient (Wildman–Crippen LogP) is 3.52. The molecule has 0 N–H and O–H groups in total. The van der Waals surface area contributed by atoms with Crippen LogP contribution in [0.15, 0.2) is 47.7 Å². The van der Waals surface area contributed by atoms with Gasteiger partial charge in [0, 0.05) is 48.7 Å². The first kappa shape index (κ1) is 18.3. The zero-order chi connectivity index (χ0) is 19.7. The van der Waals surface area contributed by atoms with E-state index in [0.717, 1.165) is 23.2 Å². The average Bonchev–Trinajstić information content (AvgIpc) is 3.46. The molecule has 1 saturated carbocycles. The molecule has 6 nitrogen and oxygen atoms in total. The molecule has 0 radical (unpaired) electrons. The molecule has 3 aromatic heterocycles. The lowest BCUT2D eigenvalue weighted by molar-refractivity contribution is 0.285. The monoisotopic (exact) mass is 376 g/mol. The van der Waals surface area contributed by atoms with Crippen molar-refractivity contribution in [1.29, 1.82) is 0 Å². The second-order valence-corrected chi connectivity index (χ2v) is 7.35. The van der Waals surface area contributed by atoms with Crippen molar-refractivity contribution in [2.24, 2.45) is 5.92 Å². The Morgan fingerprint density at radius 3 is 2.75 bits per heavy atom. The number of rotatable bonds is 6. The summed E-state index contributed by atoms with van der Waals surface area (Å²) in [6.45, 7) is 7.04. The van der Waals surface area contributed by atoms with Crippen LogP contribution in [-0.4, -0.2) is 26.1 Å². The highest BCUT2D eigenvalue weighted by Crippen LogP contribution is 2.47. The predicted molar refractivity (Wildman–Crippen MR) is 107 cm³/mol. The lowest BCUT2D eigenvalue weighted by atomic mass is 10.1. The number of hydrogen-bond acceptors (Lipinski definition) is 5. The summed E-state index contributed by atoms with van der Waals surface area (Å²) in [7, 11) is 0. The van der Waals surface area contributed by atoms with Gasteiger partial charge in [0.1, 0.15) is 5.82 Å². The first-order valence-corrected chi connectivity index (χ1v) is 9.65. The third kappa shape index (κ3) is 3.81. The minimum Gasteiger partial charge on any atom is -0.477 e. The molecule has 1 aliphatic rings. The molecule has 1 fully saturated rings. The molecular weight excluding hydrogens is 352 g/mol. The van der Waals surface area contributed by atoms with Gasteiger partial charge >= 0.3 is 0 Å². The largest absolute Gasteiger partial charge is 0.477 e. The molecule has 0 bridgehead atoms. The number of aryl methyl sites for hydroxylation is 3. The second-order valence-electron chi connectivity index (χ2n) is 7.35. The van der Waals surface area contributed by atoms with Crippen molar-refractivity contribution in [3.05, 3.63) is 70.3 Å². The summed E-state index contributed by atoms with van der Waals surface area (Å²) in [6.07, 6.45) is 6.51. The molecule has 1 aliphatic carbocycles. The van der Waals surface area contributed by atoms with Crippen LogP contribution in [0.25, 0.3) is 11.1 Å². The molecule has 0 amide bonds. The first-order chi connectivity index (χ1) is 13.5. The van der Waals surface area contributed by atoms with Crippen LogP contribution in [0.5, 0.6) is 5.88 Å². The maximum atomic E-state index is 12.2. The van der Waals surface area contributed by atoms with Crippen molar-refractivity contribution >= 4 is 0 Å². The smallest absolute Gasteiger partial charge is 0.251 e. The summed E-state index contributed by atoms with van der Waals surface area (Å²) in [5.74, 6) is 2.06. The van der Waals surface area contributed by atoms with Crippen LogP contribution >= 0.6 is 0 Å². The van der Waals surface area contributed by atoms with Crippen molar-refractivity contribution in [2.75, 3.05) is 6.61 Å². The molecule has 0 aromatic carbocycles. The maximum absolute atomic E-state index is 12.2. The minimum atomic E-state index is -0.0424. The lowest BCUT2D eigenvalue weighted by Gasteiger charge is -2.11. The van der Waals surface area contributed by atoms with Crippen molar-refractivity contribution in [1.82, 2.24) is 19.5 Å². The van der Waals surface area contributed by atoms with E-state index in [0.29, 0.717) is 36.7 Å². The minimum absolute atomic E-state index is 0.0424. The zero-order valence-electron chi connectivity index (χ0n) is 16.4. The highest BCUT2D eigenvalue weighted by Gasteiger charge is 2.40. The van der Waals surface area contributed by atoms with Gasteiger partial charge in [0.25, 0.3) is 5.56 Å². The second kappa shape index (κ2) is 7.54. The summed E-state index contributed by atoms with van der Waals surface area (Å²) >= 11 is 0. The van der Waals surface area contributed by atoms with Gasteiger partial charge in [0.2, 0.25) is 5.88 Å². The summed E-state index contributed by atoms with van der Waals surface area (Å²) in [6, 6.07) is 7.72. The molecule has 1 unspecified atom stereocenters. The van der Waals surface area contributed by atoms with Crippen LogP contribution < -0.4 is 10.3 Å². The van der Waals surface area contributed by atoms with Gasteiger partial charge in [-0.2, -0.15) is 4.98 Å². The Morgan fingerprint density at radius 1 is 1.18 bits per heavy atom. The number of ether oxygens (including phenoxy) is 1. The molecule has 28 heavy (non-hydrogen) atoms. The van der Waals surface area contributed by atoms with Gasteiger partial charge in [-0.3, -0.25) is 9.78 Å². The van der Waals surface area contributed by atoms with E-state index in [-0.39, 0.29) is 5.56 Å². The van der Waals surface area contributed by atoms with E-state index in [1.807, 2.05) is 33.0 Å². The van der Waals surface area contributed by atoms with E-state index in [2.05, 4.69) is 27.1 Å². The molecule has 0 aliphatic heterocycles. The zero-order valence-corrected chi connectivity index (χ0v) is 16.4. The summed E-state index contributed by atoms with van der Waals surface area (Å²) in [5.41, 5.74) is 3.78. The van der Waals surface area contributed by atoms with Gasteiger partial charge in [-0.1, -0.05) is 6.07 Å². The Morgan fingerprint density at radius 2 is 2.04 bits per heavy atom. The van der Waals surface area contributed by atoms with Crippen molar-refractivity contribution in [3.63, 3.8) is 0 Å². The molecule has 4 rings (SSSR count). The van der Waals surface area contributed by atoms with Crippen molar-refractivity contribution < 1.29 is 4.74 Å². The van der Waals surface area contributed by atoms with Gasteiger partial charge in [-0.15, -0.1) is 0 Å². The highest BCUT2D eigenvalue weighted by molar-refractivity contribution is 5.67. The molecule has 0 spiro atoms. The normalized spacial score (nSPS) is 18.1. The summed E-state index contributed by atoms with van der Waals surface area (Å²) in [4.78, 5) is 25.5. The fourth-order valence-corrected chi connectivity index (χ4v) is 3.37. The van der Waals surface area contributed by atoms with Crippen LogP contribution in [0.1, 0.15) is 36.3 Å². The molecule has 2 atom stereocenters. The van der Waals surface area contributed by atoms with Gasteiger partial charge in [-0.25, -0.2) is 4.98 Å². The average molecular weight is 376 g/mol. The third-order valence-corrected chi connectivity index (χ3v) is 5.19. The Kier molecular flexibility index (Phi) is 4.94. The lowest BCUT2D eigenvalue weighted by Crippen LogP contribution is -2.17. The van der Waals surface area contributed by atoms with E-state index in [1.54, 1.807) is 23.0 Å². The Labute approximate surface area is 164 Å². The maximum Gasteiger partial charge on any atom is 0.251 e. The SMILES string of the molecule is CCn1ccc(-c2cnc(C)nc2OCC2C[C@H]2c2ccc(C)cn2)cc1=O. The number of pyridine rings is 2. The van der Waals surface area contributed by atoms with E-state index in [1.165, 1.54) is 5.56 Å². The van der Waals surface area contributed by atoms with Crippen LogP contribution in [0.4, 0.5) is 0 Å². The molecule has 3 heterocycles. The van der Waals surface area contributed by atoms with Gasteiger partial charge < -0.3 is 9.30 Å². The van der Waals surface area contributed by atoms with E-state index >= 15 is 0 Å². The number of nitrogens with zero attached hydrogens (tertiary/aromatic N) is 4. The summed E-state index contributed by atoms with van der Waals surface area (Å²) < 4.78 is 7.74. The van der Waals surface area contributed by atoms with Crippen LogP contribution in [0.2, 0.25) is 0 Å². The summed E-state index contributed by atoms with van der Waals surface area (Å²) in [5, 5.41) is 0. The van der Waals surface area contributed by atoms with E-state index in [9.17, 15) is 4.79 Å². The van der Waals surface area contributed by atoms with E-state index in [4.69, 9.17) is 4.74 Å². The van der Waals surface area contributed by atoms with Gasteiger partial charge in [0.15, 0.2) is 0 Å². The fraction of sp³-hybridized carbons (Fsp3) is 0.364. The van der Waals surface area contributed by atoms with Gasteiger partial charge in [0.05, 0.1) is 12.2 Å². The van der Waals surface area contributed by atoms with Gasteiger partial charge in [-0.05, 0) is 50.5 Å². The van der Waals surface area contributed by atoms with Crippen molar-refractivity contribution in [2.45, 2.75) is 39.7 Å². The van der Waals surface area contributed by atoms with Crippen LogP contribution in [0.3, 0.4) is 0 Å². The van der Waals surface area contributed by atoms with Crippen LogP contribution in [-0.2, 0) is 6.54 Å². The Hall–Kier alpha value is -3.02. The standard InChI is InChI=1S/C22H24N4O2/c1-4-26-8-7-16(10-21(26)27)19-12-23-15(3)25-22(19)28-13-17-9-18(17)20-6-5-14(2)11-24-20/h5-8,10-12,17-18H,4,9,13H2,1-3H3/t17?,18-/m1/s1. The number of aromatic nitrogens is 4. The Bertz CT molecular complexity index is 1040. The number of hydrogen-bond donors (Lipinski definition) is 0.